The molecule has 1 aromatic heterocycles. The average Bonchev–Trinajstić information content (AvgIpc) is 2.38. The zero-order chi connectivity index (χ0) is 13.0. The molecular formula is C16H18N2Ni. The second kappa shape index (κ2) is 7.20. The topological polar surface area (TPSA) is 25.2 Å². The van der Waals surface area contributed by atoms with E-state index in [0.29, 0.717) is 5.92 Å². The number of hydrogen-bond donors (Lipinski definition) is 0. The van der Waals surface area contributed by atoms with Gasteiger partial charge in [0.15, 0.2) is 0 Å². The van der Waals surface area contributed by atoms with Gasteiger partial charge in [0.05, 0.1) is 17.6 Å². The minimum atomic E-state index is 0. The second-order valence-corrected chi connectivity index (χ2v) is 4.68. The monoisotopic (exact) mass is 296 g/mol. The predicted octanol–water partition coefficient (Wildman–Crippen LogP) is 4.26. The number of hydrogen-bond acceptors (Lipinski definition) is 2. The van der Waals surface area contributed by atoms with Gasteiger partial charge in [-0.1, -0.05) is 38.1 Å². The van der Waals surface area contributed by atoms with Gasteiger partial charge in [-0.2, -0.15) is 0 Å². The Morgan fingerprint density at radius 2 is 1.89 bits per heavy atom. The number of benzene rings is 1. The Morgan fingerprint density at radius 3 is 2.53 bits per heavy atom. The molecule has 0 aliphatic rings. The first-order valence-corrected chi connectivity index (χ1v) is 6.23. The van der Waals surface area contributed by atoms with Crippen LogP contribution < -0.4 is 0 Å². The molecule has 1 aromatic carbocycles. The van der Waals surface area contributed by atoms with Crippen molar-refractivity contribution in [2.45, 2.75) is 26.7 Å². The van der Waals surface area contributed by atoms with Gasteiger partial charge in [0.25, 0.3) is 0 Å². The van der Waals surface area contributed by atoms with E-state index in [9.17, 15) is 0 Å². The predicted molar refractivity (Wildman–Crippen MR) is 76.8 cm³/mol. The van der Waals surface area contributed by atoms with Gasteiger partial charge in [-0.25, -0.2) is 0 Å². The van der Waals surface area contributed by atoms with E-state index in [1.807, 2.05) is 24.4 Å². The molecule has 0 unspecified atom stereocenters. The van der Waals surface area contributed by atoms with Crippen molar-refractivity contribution < 1.29 is 16.5 Å². The summed E-state index contributed by atoms with van der Waals surface area (Å²) < 4.78 is 0. The molecule has 0 radical (unpaired) electrons. The van der Waals surface area contributed by atoms with E-state index in [-0.39, 0.29) is 16.5 Å². The van der Waals surface area contributed by atoms with Crippen LogP contribution in [-0.4, -0.2) is 11.2 Å². The summed E-state index contributed by atoms with van der Waals surface area (Å²) in [6.07, 6.45) is 3.61. The fourth-order valence-corrected chi connectivity index (χ4v) is 1.91. The number of pyridine rings is 1. The van der Waals surface area contributed by atoms with E-state index in [0.717, 1.165) is 11.4 Å². The summed E-state index contributed by atoms with van der Waals surface area (Å²) in [5, 5.41) is 0. The summed E-state index contributed by atoms with van der Waals surface area (Å²) in [5.74, 6) is 0.473. The van der Waals surface area contributed by atoms with Crippen molar-refractivity contribution in [1.82, 2.24) is 4.98 Å². The second-order valence-electron chi connectivity index (χ2n) is 4.68. The SMILES string of the molecule is Cc1cccc(C(C)C)c1N=Cc1ccccn1.[Ni]. The molecule has 0 aliphatic carbocycles. The summed E-state index contributed by atoms with van der Waals surface area (Å²) in [5.41, 5.74) is 4.43. The molecule has 0 bridgehead atoms. The van der Waals surface area contributed by atoms with Crippen LogP contribution in [0.1, 0.15) is 36.6 Å². The molecule has 2 rings (SSSR count). The summed E-state index contributed by atoms with van der Waals surface area (Å²) in [6, 6.07) is 12.2. The smallest absolute Gasteiger partial charge is 0.0812 e. The van der Waals surface area contributed by atoms with Crippen molar-refractivity contribution >= 4 is 11.9 Å². The maximum absolute atomic E-state index is 4.61. The van der Waals surface area contributed by atoms with Gasteiger partial charge in [0.2, 0.25) is 0 Å². The van der Waals surface area contributed by atoms with E-state index in [2.05, 4.69) is 48.9 Å². The van der Waals surface area contributed by atoms with Gasteiger partial charge >= 0.3 is 0 Å². The Bertz CT molecular complexity index is 548. The molecule has 1 heterocycles. The Balaban J connectivity index is 0.00000180. The molecule has 102 valence electrons. The number of aromatic nitrogens is 1. The number of rotatable bonds is 3. The molecule has 2 aromatic rings. The summed E-state index contributed by atoms with van der Waals surface area (Å²) in [7, 11) is 0. The van der Waals surface area contributed by atoms with Crippen LogP contribution in [-0.2, 0) is 16.5 Å². The Hall–Kier alpha value is -1.47. The van der Waals surface area contributed by atoms with Crippen LogP contribution in [0.25, 0.3) is 0 Å². The van der Waals surface area contributed by atoms with Crippen LogP contribution in [0.2, 0.25) is 0 Å². The molecule has 0 spiro atoms. The Labute approximate surface area is 124 Å². The van der Waals surface area contributed by atoms with Gasteiger partial charge in [-0.05, 0) is 36.1 Å². The summed E-state index contributed by atoms with van der Waals surface area (Å²) >= 11 is 0. The minimum absolute atomic E-state index is 0. The van der Waals surface area contributed by atoms with Crippen LogP contribution in [0.4, 0.5) is 5.69 Å². The summed E-state index contributed by atoms with van der Waals surface area (Å²) in [4.78, 5) is 8.86. The fraction of sp³-hybridized carbons (Fsp3) is 0.250. The van der Waals surface area contributed by atoms with E-state index >= 15 is 0 Å². The van der Waals surface area contributed by atoms with E-state index in [1.54, 1.807) is 6.20 Å². The van der Waals surface area contributed by atoms with Gasteiger partial charge in [0, 0.05) is 22.7 Å². The van der Waals surface area contributed by atoms with E-state index in [1.165, 1.54) is 11.1 Å². The quantitative estimate of drug-likeness (QED) is 0.613. The third-order valence-corrected chi connectivity index (χ3v) is 2.90. The third kappa shape index (κ3) is 4.00. The number of aryl methyl sites for hydroxylation is 1. The van der Waals surface area contributed by atoms with Crippen LogP contribution in [0.15, 0.2) is 47.6 Å². The van der Waals surface area contributed by atoms with Crippen molar-refractivity contribution in [2.24, 2.45) is 4.99 Å². The Morgan fingerprint density at radius 1 is 1.11 bits per heavy atom. The van der Waals surface area contributed by atoms with Gasteiger partial charge in [0.1, 0.15) is 0 Å². The molecule has 0 N–H and O–H groups in total. The molecule has 2 nitrogen and oxygen atoms in total. The van der Waals surface area contributed by atoms with Gasteiger partial charge in [-0.15, -0.1) is 0 Å². The maximum atomic E-state index is 4.61. The van der Waals surface area contributed by atoms with Crippen LogP contribution in [0.5, 0.6) is 0 Å². The van der Waals surface area contributed by atoms with E-state index in [4.69, 9.17) is 0 Å². The Kier molecular flexibility index (Phi) is 5.91. The molecule has 0 atom stereocenters. The number of aliphatic imine (C=N–C) groups is 1. The van der Waals surface area contributed by atoms with Crippen LogP contribution >= 0.6 is 0 Å². The van der Waals surface area contributed by atoms with Crippen molar-refractivity contribution in [2.75, 3.05) is 0 Å². The fourth-order valence-electron chi connectivity index (χ4n) is 1.91. The number of nitrogens with zero attached hydrogens (tertiary/aromatic N) is 2. The van der Waals surface area contributed by atoms with E-state index < -0.39 is 0 Å². The molecule has 0 aliphatic heterocycles. The van der Waals surface area contributed by atoms with Gasteiger partial charge < -0.3 is 0 Å². The first-order valence-electron chi connectivity index (χ1n) is 6.23. The largest absolute Gasteiger partial charge is 0.255 e. The average molecular weight is 297 g/mol. The first kappa shape index (κ1) is 15.6. The zero-order valence-corrected chi connectivity index (χ0v) is 12.4. The minimum Gasteiger partial charge on any atom is -0.255 e. The molecule has 0 amide bonds. The van der Waals surface area contributed by atoms with Crippen LogP contribution in [0, 0.1) is 6.92 Å². The van der Waals surface area contributed by atoms with Crippen LogP contribution in [0.3, 0.4) is 0 Å². The van der Waals surface area contributed by atoms with Crippen molar-refractivity contribution in [3.8, 4) is 0 Å². The van der Waals surface area contributed by atoms with Crippen molar-refractivity contribution in [1.29, 1.82) is 0 Å². The normalized spacial score (nSPS) is 10.7. The van der Waals surface area contributed by atoms with Crippen molar-refractivity contribution in [3.05, 3.63) is 59.4 Å². The molecular weight excluding hydrogens is 279 g/mol. The molecule has 0 saturated carbocycles. The molecule has 19 heavy (non-hydrogen) atoms. The maximum Gasteiger partial charge on any atom is 0.0812 e. The zero-order valence-electron chi connectivity index (χ0n) is 11.4. The molecule has 3 heteroatoms. The number of para-hydroxylation sites is 1. The molecule has 0 fully saturated rings. The summed E-state index contributed by atoms with van der Waals surface area (Å²) in [6.45, 7) is 6.47. The van der Waals surface area contributed by atoms with Gasteiger partial charge in [-0.3, -0.25) is 9.98 Å². The third-order valence-electron chi connectivity index (χ3n) is 2.90. The van der Waals surface area contributed by atoms with Crippen molar-refractivity contribution in [3.63, 3.8) is 0 Å². The standard InChI is InChI=1S/C16H18N2.Ni/c1-12(2)15-9-6-7-13(3)16(15)18-11-14-8-4-5-10-17-14;/h4-12H,1-3H3;. The first-order chi connectivity index (χ1) is 8.68. The molecule has 0 saturated heterocycles.